The lowest BCUT2D eigenvalue weighted by Crippen LogP contribution is -2.24. The van der Waals surface area contributed by atoms with Crippen LogP contribution in [0.2, 0.25) is 0 Å². The molecule has 3 heteroatoms. The maximum atomic E-state index is 12.7. The predicted octanol–water partition coefficient (Wildman–Crippen LogP) is 1.69. The molecule has 0 spiro atoms. The van der Waals surface area contributed by atoms with E-state index in [2.05, 4.69) is 4.74 Å². The van der Waals surface area contributed by atoms with Gasteiger partial charge in [-0.05, 0) is 25.7 Å². The Balaban J connectivity index is 2.39. The first kappa shape index (κ1) is 8.50. The number of carbonyl (C=O) groups excluding carboxylic acids is 1. The van der Waals surface area contributed by atoms with Crippen LogP contribution in [-0.4, -0.2) is 19.3 Å². The van der Waals surface area contributed by atoms with E-state index in [1.54, 1.807) is 0 Å². The van der Waals surface area contributed by atoms with E-state index in [0.717, 1.165) is 12.8 Å². The van der Waals surface area contributed by atoms with Crippen molar-refractivity contribution in [3.63, 3.8) is 0 Å². The Morgan fingerprint density at radius 2 is 2.27 bits per heavy atom. The molecule has 0 saturated heterocycles. The second-order valence-electron chi connectivity index (χ2n) is 2.98. The summed E-state index contributed by atoms with van der Waals surface area (Å²) in [5, 5.41) is 0. The van der Waals surface area contributed by atoms with Gasteiger partial charge in [0.2, 0.25) is 0 Å². The van der Waals surface area contributed by atoms with E-state index in [0.29, 0.717) is 12.8 Å². The highest BCUT2D eigenvalue weighted by Gasteiger charge is 2.27. The first-order valence-corrected chi connectivity index (χ1v) is 3.96. The third kappa shape index (κ3) is 2.17. The molecule has 1 saturated carbocycles. The molecular formula is C8H13FO2. The molecule has 0 heterocycles. The van der Waals surface area contributed by atoms with Crippen molar-refractivity contribution in [1.29, 1.82) is 0 Å². The molecule has 1 rings (SSSR count). The molecule has 1 aliphatic rings. The van der Waals surface area contributed by atoms with Crippen molar-refractivity contribution in [2.45, 2.75) is 31.9 Å². The van der Waals surface area contributed by atoms with Crippen LogP contribution < -0.4 is 0 Å². The molecule has 0 radical (unpaired) electrons. The molecule has 0 unspecified atom stereocenters. The number of alkyl halides is 1. The second-order valence-corrected chi connectivity index (χ2v) is 2.98. The van der Waals surface area contributed by atoms with Gasteiger partial charge < -0.3 is 4.74 Å². The molecular weight excluding hydrogens is 147 g/mol. The number of ether oxygens (including phenoxy) is 1. The fraction of sp³-hybridized carbons (Fsp3) is 0.875. The number of halogens is 1. The fourth-order valence-electron chi connectivity index (χ4n) is 1.51. The van der Waals surface area contributed by atoms with Gasteiger partial charge in [0, 0.05) is 0 Å². The average Bonchev–Trinajstić information content (AvgIpc) is 2.03. The lowest BCUT2D eigenvalue weighted by molar-refractivity contribution is -0.147. The zero-order valence-corrected chi connectivity index (χ0v) is 6.68. The SMILES string of the molecule is COC(=O)[C@@H]1CCC[C@@H](F)C1. The Morgan fingerprint density at radius 1 is 1.55 bits per heavy atom. The van der Waals surface area contributed by atoms with E-state index in [1.807, 2.05) is 0 Å². The van der Waals surface area contributed by atoms with Crippen LogP contribution in [0.15, 0.2) is 0 Å². The molecule has 0 bridgehead atoms. The zero-order valence-electron chi connectivity index (χ0n) is 6.68. The van der Waals surface area contributed by atoms with Crippen molar-refractivity contribution in [3.8, 4) is 0 Å². The van der Waals surface area contributed by atoms with Crippen LogP contribution in [0, 0.1) is 5.92 Å². The highest BCUT2D eigenvalue weighted by molar-refractivity contribution is 5.72. The average molecular weight is 160 g/mol. The molecule has 0 aromatic heterocycles. The molecule has 11 heavy (non-hydrogen) atoms. The van der Waals surface area contributed by atoms with Crippen molar-refractivity contribution in [3.05, 3.63) is 0 Å². The minimum absolute atomic E-state index is 0.191. The Hall–Kier alpha value is -0.600. The van der Waals surface area contributed by atoms with Crippen LogP contribution in [0.25, 0.3) is 0 Å². The number of hydrogen-bond donors (Lipinski definition) is 0. The number of hydrogen-bond acceptors (Lipinski definition) is 2. The number of carbonyl (C=O) groups is 1. The molecule has 0 N–H and O–H groups in total. The summed E-state index contributed by atoms with van der Waals surface area (Å²) in [6.45, 7) is 0. The smallest absolute Gasteiger partial charge is 0.308 e. The summed E-state index contributed by atoms with van der Waals surface area (Å²) >= 11 is 0. The lowest BCUT2D eigenvalue weighted by atomic mass is 9.88. The Bertz CT molecular complexity index is 147. The summed E-state index contributed by atoms with van der Waals surface area (Å²) < 4.78 is 17.3. The van der Waals surface area contributed by atoms with Gasteiger partial charge >= 0.3 is 5.97 Å². The summed E-state index contributed by atoms with van der Waals surface area (Å²) in [5.41, 5.74) is 0. The first-order chi connectivity index (χ1) is 5.24. The maximum Gasteiger partial charge on any atom is 0.308 e. The minimum Gasteiger partial charge on any atom is -0.469 e. The Labute approximate surface area is 65.7 Å². The van der Waals surface area contributed by atoms with E-state index in [4.69, 9.17) is 0 Å². The molecule has 2 nitrogen and oxygen atoms in total. The van der Waals surface area contributed by atoms with E-state index in [9.17, 15) is 9.18 Å². The number of methoxy groups -OCH3 is 1. The van der Waals surface area contributed by atoms with Gasteiger partial charge in [0.1, 0.15) is 6.17 Å². The molecule has 0 aromatic rings. The van der Waals surface area contributed by atoms with Crippen molar-refractivity contribution in [1.82, 2.24) is 0 Å². The fourth-order valence-corrected chi connectivity index (χ4v) is 1.51. The predicted molar refractivity (Wildman–Crippen MR) is 38.9 cm³/mol. The van der Waals surface area contributed by atoms with Crippen molar-refractivity contribution >= 4 is 5.97 Å². The van der Waals surface area contributed by atoms with Crippen LogP contribution in [0.3, 0.4) is 0 Å². The summed E-state index contributed by atoms with van der Waals surface area (Å²) in [6.07, 6.45) is 1.75. The van der Waals surface area contributed by atoms with Gasteiger partial charge in [-0.25, -0.2) is 4.39 Å². The van der Waals surface area contributed by atoms with Gasteiger partial charge in [0.05, 0.1) is 13.0 Å². The van der Waals surface area contributed by atoms with Crippen molar-refractivity contribution in [2.24, 2.45) is 5.92 Å². The molecule has 0 amide bonds. The van der Waals surface area contributed by atoms with Crippen molar-refractivity contribution < 1.29 is 13.9 Å². The number of esters is 1. The monoisotopic (exact) mass is 160 g/mol. The topological polar surface area (TPSA) is 26.3 Å². The first-order valence-electron chi connectivity index (χ1n) is 3.96. The van der Waals surface area contributed by atoms with Gasteiger partial charge in [-0.3, -0.25) is 4.79 Å². The van der Waals surface area contributed by atoms with Gasteiger partial charge in [-0.15, -0.1) is 0 Å². The summed E-state index contributed by atoms with van der Waals surface area (Å²) in [6, 6.07) is 0. The molecule has 1 fully saturated rings. The quantitative estimate of drug-likeness (QED) is 0.545. The molecule has 2 atom stereocenters. The van der Waals surface area contributed by atoms with E-state index in [1.165, 1.54) is 7.11 Å². The van der Waals surface area contributed by atoms with E-state index < -0.39 is 6.17 Å². The lowest BCUT2D eigenvalue weighted by Gasteiger charge is -2.21. The van der Waals surface area contributed by atoms with Crippen LogP contribution in [-0.2, 0) is 9.53 Å². The van der Waals surface area contributed by atoms with Gasteiger partial charge in [0.25, 0.3) is 0 Å². The maximum absolute atomic E-state index is 12.7. The Kier molecular flexibility index (Phi) is 2.85. The minimum atomic E-state index is -0.798. The van der Waals surface area contributed by atoms with Crippen molar-refractivity contribution in [2.75, 3.05) is 7.11 Å². The van der Waals surface area contributed by atoms with Gasteiger partial charge in [-0.2, -0.15) is 0 Å². The highest BCUT2D eigenvalue weighted by Crippen LogP contribution is 2.26. The summed E-state index contributed by atoms with van der Waals surface area (Å²) in [7, 11) is 1.35. The molecule has 64 valence electrons. The largest absolute Gasteiger partial charge is 0.469 e. The molecule has 0 aromatic carbocycles. The van der Waals surface area contributed by atoms with Gasteiger partial charge in [0.15, 0.2) is 0 Å². The van der Waals surface area contributed by atoms with E-state index in [-0.39, 0.29) is 11.9 Å². The van der Waals surface area contributed by atoms with Gasteiger partial charge in [-0.1, -0.05) is 0 Å². The van der Waals surface area contributed by atoms with Crippen LogP contribution in [0.1, 0.15) is 25.7 Å². The summed E-state index contributed by atoms with van der Waals surface area (Å²) in [4.78, 5) is 10.9. The van der Waals surface area contributed by atoms with Crippen LogP contribution >= 0.6 is 0 Å². The number of rotatable bonds is 1. The second kappa shape index (κ2) is 3.69. The van der Waals surface area contributed by atoms with E-state index >= 15 is 0 Å². The van der Waals surface area contributed by atoms with Crippen LogP contribution in [0.5, 0.6) is 0 Å². The Morgan fingerprint density at radius 3 is 2.82 bits per heavy atom. The summed E-state index contributed by atoms with van der Waals surface area (Å²) in [5.74, 6) is -0.448. The third-order valence-corrected chi connectivity index (χ3v) is 2.14. The highest BCUT2D eigenvalue weighted by atomic mass is 19.1. The normalized spacial score (nSPS) is 31.5. The van der Waals surface area contributed by atoms with Crippen LogP contribution in [0.4, 0.5) is 4.39 Å². The zero-order chi connectivity index (χ0) is 8.27. The molecule has 0 aliphatic heterocycles. The standard InChI is InChI=1S/C8H13FO2/c1-11-8(10)6-3-2-4-7(9)5-6/h6-7H,2-5H2,1H3/t6-,7-/m1/s1. The molecule has 1 aliphatic carbocycles. The third-order valence-electron chi connectivity index (χ3n) is 2.14.